The molecular formula is C11H15N3O2. The largest absolute Gasteiger partial charge is 0.381 e. The highest BCUT2D eigenvalue weighted by Crippen LogP contribution is 2.18. The minimum atomic E-state index is 0.0440. The Labute approximate surface area is 94.5 Å². The van der Waals surface area contributed by atoms with Crippen molar-refractivity contribution >= 4 is 11.9 Å². The second-order valence-electron chi connectivity index (χ2n) is 3.83. The Morgan fingerprint density at radius 1 is 1.38 bits per heavy atom. The number of amides is 1. The molecule has 86 valence electrons. The van der Waals surface area contributed by atoms with E-state index in [9.17, 15) is 4.79 Å². The van der Waals surface area contributed by atoms with Crippen molar-refractivity contribution in [2.75, 3.05) is 25.2 Å². The topological polar surface area (TPSA) is 55.3 Å². The highest BCUT2D eigenvalue weighted by molar-refractivity contribution is 5.92. The van der Waals surface area contributed by atoms with Gasteiger partial charge in [0.05, 0.1) is 0 Å². The van der Waals surface area contributed by atoms with E-state index in [1.165, 1.54) is 4.90 Å². The van der Waals surface area contributed by atoms with Crippen molar-refractivity contribution in [3.05, 3.63) is 18.5 Å². The summed E-state index contributed by atoms with van der Waals surface area (Å²) in [6.07, 6.45) is 4.85. The molecule has 0 bridgehead atoms. The second kappa shape index (κ2) is 5.03. The van der Waals surface area contributed by atoms with Crippen LogP contribution in [0.15, 0.2) is 18.5 Å². The Bertz CT molecular complexity index is 350. The van der Waals surface area contributed by atoms with Crippen LogP contribution in [0.5, 0.6) is 0 Å². The van der Waals surface area contributed by atoms with Crippen LogP contribution in [0, 0.1) is 5.92 Å². The van der Waals surface area contributed by atoms with E-state index in [1.54, 1.807) is 25.5 Å². The van der Waals surface area contributed by atoms with Gasteiger partial charge in [-0.25, -0.2) is 9.97 Å². The molecule has 2 heterocycles. The average Bonchev–Trinajstić information content (AvgIpc) is 2.39. The van der Waals surface area contributed by atoms with Crippen molar-refractivity contribution in [1.29, 1.82) is 0 Å². The summed E-state index contributed by atoms with van der Waals surface area (Å²) in [6, 6.07) is 1.73. The van der Waals surface area contributed by atoms with Gasteiger partial charge in [0.25, 0.3) is 0 Å². The number of aromatic nitrogens is 2. The van der Waals surface area contributed by atoms with Gasteiger partial charge in [0.2, 0.25) is 11.9 Å². The monoisotopic (exact) mass is 221 g/mol. The lowest BCUT2D eigenvalue weighted by molar-refractivity contribution is -0.124. The number of rotatable bonds is 2. The molecule has 0 radical (unpaired) electrons. The highest BCUT2D eigenvalue weighted by Gasteiger charge is 2.25. The summed E-state index contributed by atoms with van der Waals surface area (Å²) >= 11 is 0. The van der Waals surface area contributed by atoms with Crippen LogP contribution in [0.3, 0.4) is 0 Å². The molecule has 2 rings (SSSR count). The van der Waals surface area contributed by atoms with Crippen LogP contribution in [0.25, 0.3) is 0 Å². The van der Waals surface area contributed by atoms with Gasteiger partial charge >= 0.3 is 0 Å². The van der Waals surface area contributed by atoms with Gasteiger partial charge in [0, 0.05) is 38.6 Å². The Hall–Kier alpha value is -1.49. The van der Waals surface area contributed by atoms with Crippen molar-refractivity contribution in [2.24, 2.45) is 5.92 Å². The smallest absolute Gasteiger partial charge is 0.232 e. The van der Waals surface area contributed by atoms with Crippen LogP contribution in [-0.4, -0.2) is 36.1 Å². The first-order valence-corrected chi connectivity index (χ1v) is 5.41. The lowest BCUT2D eigenvalue weighted by Gasteiger charge is -2.25. The van der Waals surface area contributed by atoms with Crippen molar-refractivity contribution in [2.45, 2.75) is 12.8 Å². The van der Waals surface area contributed by atoms with Gasteiger partial charge in [-0.1, -0.05) is 0 Å². The lowest BCUT2D eigenvalue weighted by atomic mass is 9.99. The Morgan fingerprint density at radius 2 is 2.00 bits per heavy atom. The fourth-order valence-corrected chi connectivity index (χ4v) is 1.78. The Balaban J connectivity index is 2.04. The molecule has 0 atom stereocenters. The normalized spacial score (nSPS) is 17.1. The Kier molecular flexibility index (Phi) is 3.46. The van der Waals surface area contributed by atoms with Crippen LogP contribution in [0.4, 0.5) is 5.95 Å². The van der Waals surface area contributed by atoms with E-state index >= 15 is 0 Å². The number of nitrogens with zero attached hydrogens (tertiary/aromatic N) is 3. The number of hydrogen-bond acceptors (Lipinski definition) is 4. The number of ether oxygens (including phenoxy) is 1. The quantitative estimate of drug-likeness (QED) is 0.743. The molecule has 0 N–H and O–H groups in total. The minimum Gasteiger partial charge on any atom is -0.381 e. The van der Waals surface area contributed by atoms with Gasteiger partial charge in [0.1, 0.15) is 0 Å². The van der Waals surface area contributed by atoms with Gasteiger partial charge < -0.3 is 4.74 Å². The van der Waals surface area contributed by atoms with Crippen LogP contribution >= 0.6 is 0 Å². The summed E-state index contributed by atoms with van der Waals surface area (Å²) in [4.78, 5) is 21.7. The maximum absolute atomic E-state index is 12.1. The van der Waals surface area contributed by atoms with E-state index in [-0.39, 0.29) is 11.8 Å². The molecule has 1 aromatic rings. The predicted octanol–water partition coefficient (Wildman–Crippen LogP) is 0.866. The molecule has 1 saturated heterocycles. The van der Waals surface area contributed by atoms with E-state index in [1.807, 2.05) is 0 Å². The molecule has 0 unspecified atom stereocenters. The standard InChI is InChI=1S/C11H15N3O2/c1-14(11-12-5-2-6-13-11)10(15)9-3-7-16-8-4-9/h2,5-6,9H,3-4,7-8H2,1H3. The van der Waals surface area contributed by atoms with Crippen LogP contribution in [0.2, 0.25) is 0 Å². The molecule has 1 aliphatic rings. The Morgan fingerprint density at radius 3 is 2.62 bits per heavy atom. The molecule has 0 spiro atoms. The first-order chi connectivity index (χ1) is 7.79. The predicted molar refractivity (Wildman–Crippen MR) is 59.0 cm³/mol. The first kappa shape index (κ1) is 11.0. The molecule has 0 saturated carbocycles. The zero-order valence-electron chi connectivity index (χ0n) is 9.30. The fourth-order valence-electron chi connectivity index (χ4n) is 1.78. The van der Waals surface area contributed by atoms with Crippen LogP contribution in [-0.2, 0) is 9.53 Å². The highest BCUT2D eigenvalue weighted by atomic mass is 16.5. The van der Waals surface area contributed by atoms with E-state index < -0.39 is 0 Å². The molecule has 1 amide bonds. The third-order valence-corrected chi connectivity index (χ3v) is 2.75. The summed E-state index contributed by atoms with van der Waals surface area (Å²) in [5.74, 6) is 0.580. The maximum Gasteiger partial charge on any atom is 0.232 e. The van der Waals surface area contributed by atoms with Crippen molar-refractivity contribution < 1.29 is 9.53 Å². The molecule has 1 aliphatic heterocycles. The summed E-state index contributed by atoms with van der Waals surface area (Å²) in [5.41, 5.74) is 0. The summed E-state index contributed by atoms with van der Waals surface area (Å²) < 4.78 is 5.23. The van der Waals surface area contributed by atoms with Crippen molar-refractivity contribution in [3.8, 4) is 0 Å². The molecule has 1 aromatic heterocycles. The summed E-state index contributed by atoms with van der Waals surface area (Å²) in [7, 11) is 1.72. The van der Waals surface area contributed by atoms with E-state index in [4.69, 9.17) is 4.74 Å². The second-order valence-corrected chi connectivity index (χ2v) is 3.83. The van der Waals surface area contributed by atoms with Crippen molar-refractivity contribution in [1.82, 2.24) is 9.97 Å². The van der Waals surface area contributed by atoms with Crippen LogP contribution in [0.1, 0.15) is 12.8 Å². The van der Waals surface area contributed by atoms with Crippen molar-refractivity contribution in [3.63, 3.8) is 0 Å². The first-order valence-electron chi connectivity index (χ1n) is 5.41. The van der Waals surface area contributed by atoms with Gasteiger partial charge in [-0.2, -0.15) is 0 Å². The number of carbonyl (C=O) groups is 1. The molecule has 16 heavy (non-hydrogen) atoms. The lowest BCUT2D eigenvalue weighted by Crippen LogP contribution is -2.36. The van der Waals surface area contributed by atoms with Gasteiger partial charge in [0.15, 0.2) is 0 Å². The van der Waals surface area contributed by atoms with E-state index in [0.717, 1.165) is 12.8 Å². The molecule has 5 nitrogen and oxygen atoms in total. The third-order valence-electron chi connectivity index (χ3n) is 2.75. The SMILES string of the molecule is CN(C(=O)C1CCOCC1)c1ncccn1. The van der Waals surface area contributed by atoms with E-state index in [2.05, 4.69) is 9.97 Å². The van der Waals surface area contributed by atoms with Gasteiger partial charge in [-0.15, -0.1) is 0 Å². The minimum absolute atomic E-state index is 0.0440. The zero-order valence-corrected chi connectivity index (χ0v) is 9.30. The molecule has 0 aliphatic carbocycles. The van der Waals surface area contributed by atoms with Gasteiger partial charge in [-0.3, -0.25) is 9.69 Å². The molecule has 5 heteroatoms. The fraction of sp³-hybridized carbons (Fsp3) is 0.545. The summed E-state index contributed by atoms with van der Waals surface area (Å²) in [6.45, 7) is 1.33. The third kappa shape index (κ3) is 2.36. The van der Waals surface area contributed by atoms with Crippen LogP contribution < -0.4 is 4.90 Å². The van der Waals surface area contributed by atoms with Gasteiger partial charge in [-0.05, 0) is 18.9 Å². The molecule has 0 aromatic carbocycles. The van der Waals surface area contributed by atoms with E-state index in [0.29, 0.717) is 19.2 Å². The zero-order chi connectivity index (χ0) is 11.4. The average molecular weight is 221 g/mol. The molecular weight excluding hydrogens is 206 g/mol. The number of carbonyl (C=O) groups excluding carboxylic acids is 1. The number of hydrogen-bond donors (Lipinski definition) is 0. The maximum atomic E-state index is 12.1. The number of anilines is 1. The summed E-state index contributed by atoms with van der Waals surface area (Å²) in [5, 5.41) is 0. The molecule has 1 fully saturated rings.